The first-order valence-electron chi connectivity index (χ1n) is 8.12. The molecule has 0 saturated carbocycles. The number of aromatic nitrogens is 3. The average Bonchev–Trinajstić information content (AvgIpc) is 2.98. The predicted molar refractivity (Wildman–Crippen MR) is 95.3 cm³/mol. The third-order valence-corrected chi connectivity index (χ3v) is 5.61. The molecule has 0 radical (unpaired) electrons. The van der Waals surface area contributed by atoms with E-state index in [4.69, 9.17) is 4.98 Å². The lowest BCUT2D eigenvalue weighted by molar-refractivity contribution is 0.498. The van der Waals surface area contributed by atoms with Crippen LogP contribution in [0, 0.1) is 13.8 Å². The Balaban J connectivity index is 1.50. The molecule has 2 aromatic heterocycles. The highest BCUT2D eigenvalue weighted by atomic mass is 32.1. The van der Waals surface area contributed by atoms with Crippen LogP contribution in [0.2, 0.25) is 0 Å². The van der Waals surface area contributed by atoms with Gasteiger partial charge < -0.3 is 4.90 Å². The maximum Gasteiger partial charge on any atom is 0.225 e. The zero-order chi connectivity index (χ0) is 15.8. The fourth-order valence-corrected chi connectivity index (χ4v) is 4.38. The molecule has 0 unspecified atom stereocenters. The van der Waals surface area contributed by atoms with Crippen molar-refractivity contribution in [1.29, 1.82) is 0 Å². The Bertz CT molecular complexity index is 781. The molecular formula is C18H20N4S. The molecule has 4 nitrogen and oxygen atoms in total. The average molecular weight is 324 g/mol. The van der Waals surface area contributed by atoms with E-state index in [0.717, 1.165) is 48.8 Å². The number of para-hydroxylation sites is 1. The van der Waals surface area contributed by atoms with Gasteiger partial charge in [0.2, 0.25) is 5.95 Å². The molecule has 1 saturated heterocycles. The van der Waals surface area contributed by atoms with Crippen LogP contribution in [0.1, 0.15) is 35.2 Å². The van der Waals surface area contributed by atoms with E-state index in [1.807, 2.05) is 31.3 Å². The number of piperidine rings is 1. The standard InChI is InChI=1S/C18H20N4S/c1-12-11-13(2)20-18(19-12)22-9-7-14(8-10-22)17-21-15-5-3-4-6-16(15)23-17/h3-6,11,14H,7-10H2,1-2H3. The van der Waals surface area contributed by atoms with Gasteiger partial charge in [-0.25, -0.2) is 15.0 Å². The highest BCUT2D eigenvalue weighted by molar-refractivity contribution is 7.18. The van der Waals surface area contributed by atoms with Crippen molar-refractivity contribution in [3.8, 4) is 0 Å². The van der Waals surface area contributed by atoms with Crippen LogP contribution < -0.4 is 4.90 Å². The predicted octanol–water partition coefficient (Wildman–Crippen LogP) is 4.09. The molecule has 0 spiro atoms. The molecule has 3 heterocycles. The van der Waals surface area contributed by atoms with Gasteiger partial charge in [-0.2, -0.15) is 0 Å². The third kappa shape index (κ3) is 2.93. The number of thiazole rings is 1. The van der Waals surface area contributed by atoms with Gasteiger partial charge >= 0.3 is 0 Å². The van der Waals surface area contributed by atoms with Crippen molar-refractivity contribution < 1.29 is 0 Å². The van der Waals surface area contributed by atoms with E-state index in [0.29, 0.717) is 5.92 Å². The van der Waals surface area contributed by atoms with E-state index in [2.05, 4.69) is 39.1 Å². The number of benzene rings is 1. The molecule has 0 N–H and O–H groups in total. The van der Waals surface area contributed by atoms with Gasteiger partial charge in [0, 0.05) is 30.4 Å². The van der Waals surface area contributed by atoms with Crippen LogP contribution in [-0.4, -0.2) is 28.0 Å². The normalized spacial score (nSPS) is 16.2. The molecule has 1 aliphatic heterocycles. The van der Waals surface area contributed by atoms with Crippen molar-refractivity contribution in [1.82, 2.24) is 15.0 Å². The van der Waals surface area contributed by atoms with Gasteiger partial charge in [-0.3, -0.25) is 0 Å². The highest BCUT2D eigenvalue weighted by Crippen LogP contribution is 2.34. The molecule has 3 aromatic rings. The Morgan fingerprint density at radius 3 is 2.39 bits per heavy atom. The highest BCUT2D eigenvalue weighted by Gasteiger charge is 2.24. The second-order valence-electron chi connectivity index (χ2n) is 6.23. The lowest BCUT2D eigenvalue weighted by atomic mass is 9.98. The first-order chi connectivity index (χ1) is 11.2. The summed E-state index contributed by atoms with van der Waals surface area (Å²) in [6.45, 7) is 6.07. The van der Waals surface area contributed by atoms with Gasteiger partial charge in [-0.1, -0.05) is 12.1 Å². The van der Waals surface area contributed by atoms with Gasteiger partial charge in [0.25, 0.3) is 0 Å². The minimum Gasteiger partial charge on any atom is -0.341 e. The van der Waals surface area contributed by atoms with Gasteiger partial charge in [0.05, 0.1) is 15.2 Å². The summed E-state index contributed by atoms with van der Waals surface area (Å²) in [6.07, 6.45) is 2.24. The minimum absolute atomic E-state index is 0.564. The first-order valence-corrected chi connectivity index (χ1v) is 8.93. The SMILES string of the molecule is Cc1cc(C)nc(N2CCC(c3nc4ccccc4s3)CC2)n1. The lowest BCUT2D eigenvalue weighted by Gasteiger charge is -2.31. The Hall–Kier alpha value is -2.01. The first kappa shape index (κ1) is 14.6. The fourth-order valence-electron chi connectivity index (χ4n) is 3.24. The summed E-state index contributed by atoms with van der Waals surface area (Å²) in [7, 11) is 0. The number of hydrogen-bond donors (Lipinski definition) is 0. The van der Waals surface area contributed by atoms with Crippen molar-refractivity contribution >= 4 is 27.5 Å². The number of nitrogens with zero attached hydrogens (tertiary/aromatic N) is 4. The molecule has 1 fully saturated rings. The molecule has 0 bridgehead atoms. The monoisotopic (exact) mass is 324 g/mol. The summed E-state index contributed by atoms with van der Waals surface area (Å²) in [5.74, 6) is 1.44. The van der Waals surface area contributed by atoms with Crippen molar-refractivity contribution in [3.05, 3.63) is 46.7 Å². The number of rotatable bonds is 2. The van der Waals surface area contributed by atoms with Crippen molar-refractivity contribution in [2.45, 2.75) is 32.6 Å². The Labute approximate surface area is 140 Å². The smallest absolute Gasteiger partial charge is 0.225 e. The Morgan fingerprint density at radius 1 is 1.00 bits per heavy atom. The summed E-state index contributed by atoms with van der Waals surface area (Å²) < 4.78 is 1.29. The lowest BCUT2D eigenvalue weighted by Crippen LogP contribution is -2.34. The maximum atomic E-state index is 4.83. The second kappa shape index (κ2) is 5.89. The van der Waals surface area contributed by atoms with Gasteiger partial charge in [-0.15, -0.1) is 11.3 Å². The molecule has 23 heavy (non-hydrogen) atoms. The maximum absolute atomic E-state index is 4.83. The number of aryl methyl sites for hydroxylation is 2. The van der Waals surface area contributed by atoms with E-state index in [1.165, 1.54) is 9.71 Å². The molecule has 118 valence electrons. The van der Waals surface area contributed by atoms with Crippen LogP contribution in [0.3, 0.4) is 0 Å². The van der Waals surface area contributed by atoms with E-state index in [1.54, 1.807) is 0 Å². The molecule has 0 atom stereocenters. The van der Waals surface area contributed by atoms with Crippen molar-refractivity contribution in [2.24, 2.45) is 0 Å². The third-order valence-electron chi connectivity index (χ3n) is 4.41. The Morgan fingerprint density at radius 2 is 1.70 bits per heavy atom. The zero-order valence-electron chi connectivity index (χ0n) is 13.5. The van der Waals surface area contributed by atoms with Crippen molar-refractivity contribution in [2.75, 3.05) is 18.0 Å². The number of anilines is 1. The van der Waals surface area contributed by atoms with Gasteiger partial charge in [-0.05, 0) is 44.9 Å². The molecule has 4 rings (SSSR count). The summed E-state index contributed by atoms with van der Waals surface area (Å²) in [5.41, 5.74) is 3.22. The summed E-state index contributed by atoms with van der Waals surface area (Å²) in [6, 6.07) is 10.4. The summed E-state index contributed by atoms with van der Waals surface area (Å²) in [5, 5.41) is 1.28. The van der Waals surface area contributed by atoms with Crippen LogP contribution in [-0.2, 0) is 0 Å². The van der Waals surface area contributed by atoms with Gasteiger partial charge in [0.15, 0.2) is 0 Å². The van der Waals surface area contributed by atoms with E-state index < -0.39 is 0 Å². The topological polar surface area (TPSA) is 41.9 Å². The van der Waals surface area contributed by atoms with E-state index in [-0.39, 0.29) is 0 Å². The summed E-state index contributed by atoms with van der Waals surface area (Å²) >= 11 is 1.84. The van der Waals surface area contributed by atoms with E-state index >= 15 is 0 Å². The number of hydrogen-bond acceptors (Lipinski definition) is 5. The zero-order valence-corrected chi connectivity index (χ0v) is 14.3. The largest absolute Gasteiger partial charge is 0.341 e. The van der Waals surface area contributed by atoms with Crippen LogP contribution in [0.5, 0.6) is 0 Å². The second-order valence-corrected chi connectivity index (χ2v) is 7.29. The summed E-state index contributed by atoms with van der Waals surface area (Å²) in [4.78, 5) is 16.3. The minimum atomic E-state index is 0.564. The van der Waals surface area contributed by atoms with Crippen LogP contribution in [0.15, 0.2) is 30.3 Å². The fraction of sp³-hybridized carbons (Fsp3) is 0.389. The Kier molecular flexibility index (Phi) is 3.73. The van der Waals surface area contributed by atoms with Crippen LogP contribution >= 0.6 is 11.3 Å². The van der Waals surface area contributed by atoms with Gasteiger partial charge in [0.1, 0.15) is 0 Å². The molecule has 5 heteroatoms. The quantitative estimate of drug-likeness (QED) is 0.712. The van der Waals surface area contributed by atoms with Crippen LogP contribution in [0.25, 0.3) is 10.2 Å². The molecule has 0 aliphatic carbocycles. The molecule has 1 aromatic carbocycles. The van der Waals surface area contributed by atoms with E-state index in [9.17, 15) is 0 Å². The van der Waals surface area contributed by atoms with Crippen LogP contribution in [0.4, 0.5) is 5.95 Å². The molecule has 1 aliphatic rings. The molecule has 0 amide bonds. The number of fused-ring (bicyclic) bond motifs is 1. The van der Waals surface area contributed by atoms with Crippen molar-refractivity contribution in [3.63, 3.8) is 0 Å². The molecular weight excluding hydrogens is 304 g/mol.